The van der Waals surface area contributed by atoms with E-state index >= 15 is 0 Å². The topological polar surface area (TPSA) is 75.4 Å². The molecule has 0 saturated carbocycles. The maximum atomic E-state index is 12.1. The predicted octanol–water partition coefficient (Wildman–Crippen LogP) is 0.690. The van der Waals surface area contributed by atoms with E-state index in [1.54, 1.807) is 6.33 Å². The van der Waals surface area contributed by atoms with E-state index in [-0.39, 0.29) is 12.5 Å². The molecule has 2 atom stereocenters. The number of carbonyl (C=O) groups is 1. The number of thioether (sulfide) groups is 1. The Morgan fingerprint density at radius 1 is 1.45 bits per heavy atom. The van der Waals surface area contributed by atoms with Crippen LogP contribution in [0.4, 0.5) is 5.82 Å². The summed E-state index contributed by atoms with van der Waals surface area (Å²) >= 11 is 6.14. The van der Waals surface area contributed by atoms with E-state index in [1.807, 2.05) is 16.7 Å². The van der Waals surface area contributed by atoms with Gasteiger partial charge < -0.3 is 15.5 Å². The molecule has 1 aromatic rings. The smallest absolute Gasteiger partial charge is 0.236 e. The fraction of sp³-hybridized carbons (Fsp3) is 0.643. The number of nitrogens with two attached hydrogens (primary N) is 1. The number of fused-ring (bicyclic) bond motifs is 1. The number of aromatic nitrogens is 2. The molecule has 0 radical (unpaired) electrons. The number of anilines is 1. The lowest BCUT2D eigenvalue weighted by Crippen LogP contribution is -2.52. The second-order valence-electron chi connectivity index (χ2n) is 5.57. The largest absolute Gasteiger partial charge is 0.353 e. The number of nitrogens with zero attached hydrogens (tertiary/aromatic N) is 4. The summed E-state index contributed by atoms with van der Waals surface area (Å²) in [4.78, 5) is 25.2. The molecule has 0 bridgehead atoms. The number of carbonyl (C=O) groups excluding carboxylic acids is 1. The second kappa shape index (κ2) is 6.64. The highest BCUT2D eigenvalue weighted by molar-refractivity contribution is 7.99. The Labute approximate surface area is 140 Å². The van der Waals surface area contributed by atoms with Gasteiger partial charge in [-0.1, -0.05) is 0 Å². The van der Waals surface area contributed by atoms with Crippen molar-refractivity contribution in [2.45, 2.75) is 23.2 Å². The summed E-state index contributed by atoms with van der Waals surface area (Å²) in [7, 11) is 0. The van der Waals surface area contributed by atoms with Crippen LogP contribution in [0, 0.1) is 0 Å². The van der Waals surface area contributed by atoms with Crippen molar-refractivity contribution in [1.29, 1.82) is 0 Å². The number of thiol groups is 1. The van der Waals surface area contributed by atoms with Gasteiger partial charge in [0.1, 0.15) is 12.1 Å². The number of hydrogen-bond donors (Lipinski definition) is 2. The molecule has 2 N–H and O–H groups in total. The van der Waals surface area contributed by atoms with Crippen LogP contribution in [0.25, 0.3) is 0 Å². The SMILES string of the molecule is CC1SCc2ncnc(N3CCN(C(=O)C(S)CN)CC3)c21. The van der Waals surface area contributed by atoms with Crippen LogP contribution in [0.3, 0.4) is 0 Å². The Morgan fingerprint density at radius 3 is 2.86 bits per heavy atom. The first-order valence-electron chi connectivity index (χ1n) is 7.49. The molecule has 2 aliphatic heterocycles. The van der Waals surface area contributed by atoms with Crippen molar-refractivity contribution in [3.8, 4) is 0 Å². The van der Waals surface area contributed by atoms with Gasteiger partial charge in [0, 0.05) is 49.3 Å². The van der Waals surface area contributed by atoms with Gasteiger partial charge in [-0.3, -0.25) is 4.79 Å². The highest BCUT2D eigenvalue weighted by Crippen LogP contribution is 2.44. The van der Waals surface area contributed by atoms with Crippen molar-refractivity contribution in [3.63, 3.8) is 0 Å². The zero-order valence-corrected chi connectivity index (χ0v) is 14.3. The molecule has 2 aliphatic rings. The molecule has 3 heterocycles. The Bertz CT molecular complexity index is 562. The van der Waals surface area contributed by atoms with Gasteiger partial charge in [0.05, 0.1) is 10.9 Å². The predicted molar refractivity (Wildman–Crippen MR) is 92.4 cm³/mol. The van der Waals surface area contributed by atoms with Gasteiger partial charge in [0.25, 0.3) is 0 Å². The first kappa shape index (κ1) is 15.9. The molecular formula is C14H21N5OS2. The molecule has 0 aromatic carbocycles. The number of amides is 1. The van der Waals surface area contributed by atoms with Crippen LogP contribution in [-0.4, -0.2) is 58.7 Å². The molecule has 2 unspecified atom stereocenters. The van der Waals surface area contributed by atoms with Crippen LogP contribution in [0.2, 0.25) is 0 Å². The third-order valence-corrected chi connectivity index (χ3v) is 5.83. The Hall–Kier alpha value is -0.990. The van der Waals surface area contributed by atoms with Crippen LogP contribution in [0.15, 0.2) is 6.33 Å². The van der Waals surface area contributed by atoms with E-state index in [9.17, 15) is 4.79 Å². The van der Waals surface area contributed by atoms with Gasteiger partial charge in [-0.15, -0.1) is 11.8 Å². The summed E-state index contributed by atoms with van der Waals surface area (Å²) < 4.78 is 0. The van der Waals surface area contributed by atoms with Crippen LogP contribution < -0.4 is 10.6 Å². The van der Waals surface area contributed by atoms with Crippen molar-refractivity contribution in [3.05, 3.63) is 17.6 Å². The first-order chi connectivity index (χ1) is 10.6. The first-order valence-corrected chi connectivity index (χ1v) is 9.05. The standard InChI is InChI=1S/C14H21N5OS2/c1-9-12-10(7-22-9)16-8-17-13(12)18-2-4-19(5-3-18)14(20)11(21)6-15/h8-9,11,21H,2-7,15H2,1H3. The maximum absolute atomic E-state index is 12.1. The van der Waals surface area contributed by atoms with Gasteiger partial charge in [-0.25, -0.2) is 9.97 Å². The lowest BCUT2D eigenvalue weighted by molar-refractivity contribution is -0.130. The minimum atomic E-state index is -0.397. The fourth-order valence-electron chi connectivity index (χ4n) is 2.94. The zero-order valence-electron chi connectivity index (χ0n) is 12.6. The summed E-state index contributed by atoms with van der Waals surface area (Å²) in [5.74, 6) is 2.03. The molecule has 1 aromatic heterocycles. The maximum Gasteiger partial charge on any atom is 0.236 e. The van der Waals surface area contributed by atoms with Crippen molar-refractivity contribution in [2.75, 3.05) is 37.6 Å². The molecule has 1 amide bonds. The minimum absolute atomic E-state index is 0.0299. The van der Waals surface area contributed by atoms with Gasteiger partial charge in [0.15, 0.2) is 0 Å². The van der Waals surface area contributed by atoms with E-state index in [4.69, 9.17) is 5.73 Å². The van der Waals surface area contributed by atoms with Crippen molar-refractivity contribution < 1.29 is 4.79 Å². The average Bonchev–Trinajstić information content (AvgIpc) is 2.95. The van der Waals surface area contributed by atoms with E-state index in [0.29, 0.717) is 18.3 Å². The molecule has 1 saturated heterocycles. The fourth-order valence-corrected chi connectivity index (χ4v) is 4.15. The summed E-state index contributed by atoms with van der Waals surface area (Å²) in [5.41, 5.74) is 7.94. The van der Waals surface area contributed by atoms with Gasteiger partial charge in [0.2, 0.25) is 5.91 Å². The quantitative estimate of drug-likeness (QED) is 0.789. The highest BCUT2D eigenvalue weighted by Gasteiger charge is 2.30. The molecular weight excluding hydrogens is 318 g/mol. The Morgan fingerprint density at radius 2 is 2.18 bits per heavy atom. The van der Waals surface area contributed by atoms with E-state index in [2.05, 4.69) is 34.4 Å². The molecule has 6 nitrogen and oxygen atoms in total. The van der Waals surface area contributed by atoms with Crippen LogP contribution in [0.5, 0.6) is 0 Å². The van der Waals surface area contributed by atoms with Crippen molar-refractivity contribution in [1.82, 2.24) is 14.9 Å². The molecule has 3 rings (SSSR count). The third-order valence-electron chi connectivity index (χ3n) is 4.22. The molecule has 1 fully saturated rings. The van der Waals surface area contributed by atoms with Gasteiger partial charge in [-0.05, 0) is 6.92 Å². The van der Waals surface area contributed by atoms with Gasteiger partial charge >= 0.3 is 0 Å². The van der Waals surface area contributed by atoms with E-state index in [0.717, 1.165) is 30.4 Å². The third kappa shape index (κ3) is 2.91. The average molecular weight is 339 g/mol. The van der Waals surface area contributed by atoms with Crippen molar-refractivity contribution in [2.24, 2.45) is 5.73 Å². The van der Waals surface area contributed by atoms with Crippen molar-refractivity contribution >= 4 is 36.1 Å². The van der Waals surface area contributed by atoms with Crippen LogP contribution in [0.1, 0.15) is 23.4 Å². The molecule has 120 valence electrons. The molecule has 22 heavy (non-hydrogen) atoms. The molecule has 0 spiro atoms. The number of rotatable bonds is 3. The normalized spacial score (nSPS) is 22.6. The second-order valence-corrected chi connectivity index (χ2v) is 7.53. The van der Waals surface area contributed by atoms with Gasteiger partial charge in [-0.2, -0.15) is 12.6 Å². The van der Waals surface area contributed by atoms with E-state index in [1.165, 1.54) is 5.56 Å². The lowest BCUT2D eigenvalue weighted by Gasteiger charge is -2.37. The lowest BCUT2D eigenvalue weighted by atomic mass is 10.1. The number of hydrogen-bond acceptors (Lipinski definition) is 7. The minimum Gasteiger partial charge on any atom is -0.353 e. The Balaban J connectivity index is 1.70. The summed E-state index contributed by atoms with van der Waals surface area (Å²) in [6.45, 7) is 5.44. The number of piperazine rings is 1. The van der Waals surface area contributed by atoms with E-state index < -0.39 is 5.25 Å². The summed E-state index contributed by atoms with van der Waals surface area (Å²) in [5, 5.41) is 0.0381. The summed E-state index contributed by atoms with van der Waals surface area (Å²) in [6.07, 6.45) is 1.66. The van der Waals surface area contributed by atoms with Crippen LogP contribution >= 0.6 is 24.4 Å². The Kier molecular flexibility index (Phi) is 4.79. The molecule has 8 heteroatoms. The monoisotopic (exact) mass is 339 g/mol. The highest BCUT2D eigenvalue weighted by atomic mass is 32.2. The summed E-state index contributed by atoms with van der Waals surface area (Å²) in [6, 6.07) is 0. The zero-order chi connectivity index (χ0) is 15.7. The molecule has 0 aliphatic carbocycles. The van der Waals surface area contributed by atoms with Crippen LogP contribution in [-0.2, 0) is 10.5 Å².